The zero-order valence-electron chi connectivity index (χ0n) is 19.3. The third-order valence-electron chi connectivity index (χ3n) is 6.64. The van der Waals surface area contributed by atoms with Gasteiger partial charge in [-0.25, -0.2) is 9.37 Å². The smallest absolute Gasteiger partial charge is 0.251 e. The van der Waals surface area contributed by atoms with Crippen molar-refractivity contribution in [2.75, 3.05) is 5.73 Å². The average Bonchev–Trinajstić information content (AvgIpc) is 3.40. The molecule has 0 saturated carbocycles. The Labute approximate surface area is 200 Å². The van der Waals surface area contributed by atoms with Gasteiger partial charge in [-0.15, -0.1) is 0 Å². The molecule has 2 bridgehead atoms. The minimum atomic E-state index is -0.267. The van der Waals surface area contributed by atoms with Crippen LogP contribution >= 0.6 is 0 Å². The maximum Gasteiger partial charge on any atom is 0.251 e. The monoisotopic (exact) mass is 463 g/mol. The maximum atomic E-state index is 13.7. The molecule has 3 aromatic carbocycles. The number of hydrogen-bond acceptors (Lipinski definition) is 4. The molecule has 3 aromatic heterocycles. The number of nitrogen functional groups attached to an aromatic ring is 1. The summed E-state index contributed by atoms with van der Waals surface area (Å²) in [7, 11) is 0. The Hall–Kier alpha value is -4.45. The molecule has 3 heterocycles. The molecule has 6 rings (SSSR count). The largest absolute Gasteiger partial charge is 0.455 e. The summed E-state index contributed by atoms with van der Waals surface area (Å²) in [4.78, 5) is 17.2. The maximum absolute atomic E-state index is 13.7. The van der Waals surface area contributed by atoms with Crippen LogP contribution in [-0.2, 0) is 6.54 Å². The van der Waals surface area contributed by atoms with Gasteiger partial charge >= 0.3 is 0 Å². The lowest BCUT2D eigenvalue weighted by atomic mass is 9.97. The van der Waals surface area contributed by atoms with Crippen molar-refractivity contribution in [3.05, 3.63) is 94.9 Å². The van der Waals surface area contributed by atoms with E-state index in [0.717, 1.165) is 60.7 Å². The molecule has 0 fully saturated rings. The van der Waals surface area contributed by atoms with E-state index >= 15 is 0 Å². The Morgan fingerprint density at radius 3 is 2.37 bits per heavy atom. The van der Waals surface area contributed by atoms with Crippen molar-refractivity contribution in [2.24, 2.45) is 0 Å². The molecule has 0 aliphatic carbocycles. The third kappa shape index (κ3) is 3.46. The van der Waals surface area contributed by atoms with Crippen LogP contribution in [0.2, 0.25) is 0 Å². The second-order valence-electron chi connectivity index (χ2n) is 8.90. The number of nitrogens with zero attached hydrogens (tertiary/aromatic N) is 1. The molecular weight excluding hydrogens is 441 g/mol. The number of carbonyl (C=O) groups excluding carboxylic acids is 1. The van der Waals surface area contributed by atoms with Crippen molar-refractivity contribution in [3.63, 3.8) is 0 Å². The molecular formula is C29H22FN3O2. The minimum absolute atomic E-state index is 0.168. The number of nitrogens with two attached hydrogens (primary N) is 1. The van der Waals surface area contributed by atoms with E-state index in [1.54, 1.807) is 6.07 Å². The zero-order valence-corrected chi connectivity index (χ0v) is 19.3. The highest BCUT2D eigenvalue weighted by Crippen LogP contribution is 2.42. The molecule has 3 N–H and O–H groups in total. The zero-order chi connectivity index (χ0) is 24.3. The fourth-order valence-electron chi connectivity index (χ4n) is 4.89. The molecule has 0 atom stereocenters. The molecule has 1 amide bonds. The molecule has 0 unspecified atom stereocenters. The van der Waals surface area contributed by atoms with E-state index in [0.29, 0.717) is 17.9 Å². The van der Waals surface area contributed by atoms with Crippen LogP contribution in [0.3, 0.4) is 0 Å². The second kappa shape index (κ2) is 7.81. The number of anilines is 1. The topological polar surface area (TPSA) is 81.1 Å². The lowest BCUT2D eigenvalue weighted by Gasteiger charge is -2.11. The standard InChI is InChI=1S/C29H22FN3O2/c1-15-10-26(31)33-16(2)25(15)14-32-29(34)19-7-9-22-24(13-19)28-21-8-6-18(12-23(21)27(22)35-28)17-4-3-5-20(30)11-17/h3-13H,14H2,1-2H3,(H2,31,33)(H,32,34). The molecule has 0 aliphatic rings. The van der Waals surface area contributed by atoms with Crippen molar-refractivity contribution < 1.29 is 13.6 Å². The van der Waals surface area contributed by atoms with Crippen LogP contribution in [0.25, 0.3) is 43.8 Å². The quantitative estimate of drug-likeness (QED) is 0.292. The van der Waals surface area contributed by atoms with Gasteiger partial charge in [0.05, 0.1) is 0 Å². The van der Waals surface area contributed by atoms with Crippen LogP contribution in [0.15, 0.2) is 71.1 Å². The number of furan rings is 2. The number of halogens is 1. The minimum Gasteiger partial charge on any atom is -0.455 e. The number of carbonyl (C=O) groups is 1. The molecule has 0 spiro atoms. The first-order valence-electron chi connectivity index (χ1n) is 11.4. The predicted molar refractivity (Wildman–Crippen MR) is 137 cm³/mol. The van der Waals surface area contributed by atoms with Gasteiger partial charge in [0.2, 0.25) is 0 Å². The Morgan fingerprint density at radius 1 is 0.914 bits per heavy atom. The Balaban J connectivity index is 1.33. The number of pyridine rings is 1. The van der Waals surface area contributed by atoms with Gasteiger partial charge in [-0.05, 0) is 84.6 Å². The van der Waals surface area contributed by atoms with Gasteiger partial charge < -0.3 is 15.5 Å². The van der Waals surface area contributed by atoms with E-state index in [9.17, 15) is 9.18 Å². The Morgan fingerprint density at radius 2 is 1.63 bits per heavy atom. The van der Waals surface area contributed by atoms with E-state index < -0.39 is 0 Å². The van der Waals surface area contributed by atoms with Crippen molar-refractivity contribution in [1.29, 1.82) is 0 Å². The van der Waals surface area contributed by atoms with Gasteiger partial charge in [0.25, 0.3) is 5.91 Å². The summed E-state index contributed by atoms with van der Waals surface area (Å²) in [6, 6.07) is 20.0. The number of rotatable bonds is 4. The van der Waals surface area contributed by atoms with Crippen molar-refractivity contribution in [1.82, 2.24) is 10.3 Å². The van der Waals surface area contributed by atoms with Gasteiger partial charge in [0, 0.05) is 39.3 Å². The number of nitrogens with one attached hydrogen (secondary N) is 1. The van der Waals surface area contributed by atoms with Gasteiger partial charge in [-0.2, -0.15) is 0 Å². The lowest BCUT2D eigenvalue weighted by molar-refractivity contribution is 0.0951. The molecule has 5 nitrogen and oxygen atoms in total. The highest BCUT2D eigenvalue weighted by Gasteiger charge is 2.19. The van der Waals surface area contributed by atoms with Crippen molar-refractivity contribution in [3.8, 4) is 11.1 Å². The van der Waals surface area contributed by atoms with Crippen LogP contribution in [0.5, 0.6) is 0 Å². The van der Waals surface area contributed by atoms with E-state index in [-0.39, 0.29) is 11.7 Å². The van der Waals surface area contributed by atoms with Crippen LogP contribution in [0.4, 0.5) is 10.2 Å². The van der Waals surface area contributed by atoms with Gasteiger partial charge in [0.1, 0.15) is 22.8 Å². The van der Waals surface area contributed by atoms with Crippen molar-refractivity contribution >= 4 is 44.4 Å². The molecule has 6 aromatic rings. The fraction of sp³-hybridized carbons (Fsp3) is 0.103. The fourth-order valence-corrected chi connectivity index (χ4v) is 4.89. The lowest BCUT2D eigenvalue weighted by Crippen LogP contribution is -2.24. The number of hydrogen-bond donors (Lipinski definition) is 2. The normalized spacial score (nSPS) is 11.6. The molecule has 0 aliphatic heterocycles. The summed E-state index contributed by atoms with van der Waals surface area (Å²) in [5, 5.41) is 6.81. The highest BCUT2D eigenvalue weighted by atomic mass is 19.1. The molecule has 0 radical (unpaired) electrons. The second-order valence-corrected chi connectivity index (χ2v) is 8.90. The van der Waals surface area contributed by atoms with E-state index in [4.69, 9.17) is 10.2 Å². The average molecular weight is 464 g/mol. The summed E-state index contributed by atoms with van der Waals surface area (Å²) in [6.07, 6.45) is 0. The van der Waals surface area contributed by atoms with Crippen LogP contribution in [0, 0.1) is 19.7 Å². The first-order chi connectivity index (χ1) is 16.9. The number of fused-ring (bicyclic) bond motifs is 8. The summed E-state index contributed by atoms with van der Waals surface area (Å²) >= 11 is 0. The van der Waals surface area contributed by atoms with E-state index in [1.807, 2.05) is 62.4 Å². The number of aromatic nitrogens is 1. The first kappa shape index (κ1) is 21.1. The van der Waals surface area contributed by atoms with Crippen LogP contribution in [0.1, 0.15) is 27.2 Å². The van der Waals surface area contributed by atoms with E-state index in [1.165, 1.54) is 12.1 Å². The van der Waals surface area contributed by atoms with Crippen molar-refractivity contribution in [2.45, 2.75) is 20.4 Å². The van der Waals surface area contributed by atoms with Gasteiger partial charge in [-0.1, -0.05) is 18.2 Å². The third-order valence-corrected chi connectivity index (χ3v) is 6.64. The van der Waals surface area contributed by atoms with Crippen LogP contribution < -0.4 is 11.1 Å². The highest BCUT2D eigenvalue weighted by molar-refractivity contribution is 6.26. The predicted octanol–water partition coefficient (Wildman–Crippen LogP) is 6.51. The molecule has 0 saturated heterocycles. The first-order valence-corrected chi connectivity index (χ1v) is 11.4. The Bertz CT molecular complexity index is 1750. The van der Waals surface area contributed by atoms with Gasteiger partial charge in [0.15, 0.2) is 0 Å². The molecule has 35 heavy (non-hydrogen) atoms. The van der Waals surface area contributed by atoms with Crippen LogP contribution in [-0.4, -0.2) is 10.9 Å². The number of aryl methyl sites for hydroxylation is 2. The number of benzene rings is 4. The molecule has 6 heteroatoms. The SMILES string of the molecule is Cc1cc(N)nc(C)c1CNC(=O)c1ccc2c(c1)c1oc2c2cc(-c3cccc(F)c3)ccc21. The van der Waals surface area contributed by atoms with E-state index in [2.05, 4.69) is 10.3 Å². The summed E-state index contributed by atoms with van der Waals surface area (Å²) in [6.45, 7) is 4.22. The Kier molecular flexibility index (Phi) is 4.71. The summed E-state index contributed by atoms with van der Waals surface area (Å²) < 4.78 is 19.9. The molecule has 172 valence electrons. The summed E-state index contributed by atoms with van der Waals surface area (Å²) in [5.41, 5.74) is 12.4. The van der Waals surface area contributed by atoms with Gasteiger partial charge in [-0.3, -0.25) is 4.79 Å². The summed E-state index contributed by atoms with van der Waals surface area (Å²) in [5.74, 6) is 0.0389. The number of amides is 1.